The van der Waals surface area contributed by atoms with Gasteiger partial charge in [0, 0.05) is 54.5 Å². The monoisotopic (exact) mass is 422 g/mol. The zero-order valence-electron chi connectivity index (χ0n) is 17.6. The molecule has 1 heterocycles. The molecule has 156 valence electrons. The molecule has 0 bridgehead atoms. The highest BCUT2D eigenvalue weighted by Crippen LogP contribution is 2.22. The second kappa shape index (κ2) is 9.98. The summed E-state index contributed by atoms with van der Waals surface area (Å²) in [6.45, 7) is 1.99. The highest BCUT2D eigenvalue weighted by Gasteiger charge is 2.14. The summed E-state index contributed by atoms with van der Waals surface area (Å²) >= 11 is 0. The van der Waals surface area contributed by atoms with E-state index in [9.17, 15) is 4.21 Å². The number of aromatic nitrogens is 2. The molecule has 1 aromatic carbocycles. The van der Waals surface area contributed by atoms with Crippen LogP contribution in [0.2, 0.25) is 0 Å². The van der Waals surface area contributed by atoms with Gasteiger partial charge in [0.15, 0.2) is 0 Å². The number of likely N-dealkylation sites (N-methyl/N-ethyl adjacent to an activating group) is 1. The molecule has 0 fully saturated rings. The minimum Gasteiger partial charge on any atom is -0.329 e. The standard InChI is InChI=1S/C22H26N6OS/c1-5-17-8-11-19(14-20(17)27-23-2)28(3)21-12-13-24-22(26-21)25-18-9-6-16(7-10-18)15-30(4)29/h5-14,23H,15H2,1-4H3,(H,24,25,26)/b17-5+,27-20-. The maximum atomic E-state index is 11.4. The molecule has 2 aromatic rings. The van der Waals surface area contributed by atoms with Crippen LogP contribution in [0, 0.1) is 0 Å². The summed E-state index contributed by atoms with van der Waals surface area (Å²) in [5.41, 5.74) is 7.65. The predicted octanol–water partition coefficient (Wildman–Crippen LogP) is 3.51. The Morgan fingerprint density at radius 2 is 1.97 bits per heavy atom. The van der Waals surface area contributed by atoms with E-state index in [1.807, 2.05) is 73.5 Å². The van der Waals surface area contributed by atoms with Crippen molar-refractivity contribution in [3.05, 3.63) is 77.7 Å². The van der Waals surface area contributed by atoms with Crippen LogP contribution in [0.1, 0.15) is 12.5 Å². The van der Waals surface area contributed by atoms with Crippen LogP contribution in [0.4, 0.5) is 17.5 Å². The number of benzene rings is 1. The topological polar surface area (TPSA) is 82.5 Å². The summed E-state index contributed by atoms with van der Waals surface area (Å²) in [6.07, 6.45) is 11.5. The van der Waals surface area contributed by atoms with Crippen molar-refractivity contribution in [1.29, 1.82) is 0 Å². The zero-order valence-corrected chi connectivity index (χ0v) is 18.4. The summed E-state index contributed by atoms with van der Waals surface area (Å²) in [7, 11) is 2.89. The van der Waals surface area contributed by atoms with E-state index in [1.54, 1.807) is 19.5 Å². The quantitative estimate of drug-likeness (QED) is 0.665. The van der Waals surface area contributed by atoms with Gasteiger partial charge in [0.1, 0.15) is 5.82 Å². The molecule has 0 aliphatic heterocycles. The lowest BCUT2D eigenvalue weighted by Gasteiger charge is -2.22. The fraction of sp³-hybridized carbons (Fsp3) is 0.227. The lowest BCUT2D eigenvalue weighted by Crippen LogP contribution is -2.21. The van der Waals surface area contributed by atoms with Crippen LogP contribution in [0.25, 0.3) is 0 Å². The van der Waals surface area contributed by atoms with Crippen LogP contribution >= 0.6 is 0 Å². The van der Waals surface area contributed by atoms with Crippen molar-refractivity contribution in [3.63, 3.8) is 0 Å². The van der Waals surface area contributed by atoms with E-state index < -0.39 is 10.8 Å². The van der Waals surface area contributed by atoms with Crippen LogP contribution in [0.3, 0.4) is 0 Å². The molecule has 3 rings (SSSR count). The lowest BCUT2D eigenvalue weighted by molar-refractivity contribution is 0.686. The van der Waals surface area contributed by atoms with Gasteiger partial charge in [-0.15, -0.1) is 0 Å². The Morgan fingerprint density at radius 1 is 1.20 bits per heavy atom. The lowest BCUT2D eigenvalue weighted by atomic mass is 10.0. The number of anilines is 3. The second-order valence-electron chi connectivity index (χ2n) is 6.70. The Kier molecular flexibility index (Phi) is 7.13. The van der Waals surface area contributed by atoms with E-state index in [-0.39, 0.29) is 0 Å². The number of hydrazone groups is 1. The molecule has 30 heavy (non-hydrogen) atoms. The van der Waals surface area contributed by atoms with E-state index in [4.69, 9.17) is 0 Å². The third kappa shape index (κ3) is 5.42. The summed E-state index contributed by atoms with van der Waals surface area (Å²) in [4.78, 5) is 10.9. The van der Waals surface area contributed by atoms with Crippen LogP contribution in [-0.4, -0.2) is 40.2 Å². The van der Waals surface area contributed by atoms with Crippen molar-refractivity contribution in [1.82, 2.24) is 15.4 Å². The van der Waals surface area contributed by atoms with Crippen molar-refractivity contribution in [2.75, 3.05) is 30.6 Å². The van der Waals surface area contributed by atoms with E-state index in [2.05, 4.69) is 25.8 Å². The first-order valence-electron chi connectivity index (χ1n) is 9.54. The van der Waals surface area contributed by atoms with Crippen LogP contribution < -0.4 is 15.6 Å². The molecule has 0 saturated carbocycles. The number of allylic oxidation sites excluding steroid dienone is 5. The molecule has 0 amide bonds. The summed E-state index contributed by atoms with van der Waals surface area (Å²) in [5, 5.41) is 7.56. The van der Waals surface area contributed by atoms with E-state index in [1.165, 1.54) is 0 Å². The van der Waals surface area contributed by atoms with Gasteiger partial charge in [-0.25, -0.2) is 4.98 Å². The third-order valence-corrected chi connectivity index (χ3v) is 5.25. The fourth-order valence-electron chi connectivity index (χ4n) is 2.98. The van der Waals surface area contributed by atoms with Crippen molar-refractivity contribution < 1.29 is 4.21 Å². The van der Waals surface area contributed by atoms with Crippen LogP contribution in [-0.2, 0) is 16.6 Å². The molecule has 0 radical (unpaired) electrons. The number of rotatable bonds is 7. The van der Waals surface area contributed by atoms with Crippen LogP contribution in [0.5, 0.6) is 0 Å². The summed E-state index contributed by atoms with van der Waals surface area (Å²) in [6, 6.07) is 9.65. The van der Waals surface area contributed by atoms with Gasteiger partial charge in [-0.3, -0.25) is 4.21 Å². The Bertz CT molecular complexity index is 1040. The van der Waals surface area contributed by atoms with E-state index in [0.29, 0.717) is 11.7 Å². The van der Waals surface area contributed by atoms with Gasteiger partial charge in [-0.1, -0.05) is 24.3 Å². The minimum atomic E-state index is -0.856. The number of hydrogen-bond donors (Lipinski definition) is 2. The van der Waals surface area contributed by atoms with Gasteiger partial charge in [-0.2, -0.15) is 10.1 Å². The number of nitrogens with one attached hydrogen (secondary N) is 2. The van der Waals surface area contributed by atoms with E-state index >= 15 is 0 Å². The van der Waals surface area contributed by atoms with Crippen molar-refractivity contribution >= 4 is 34.0 Å². The molecule has 2 N–H and O–H groups in total. The van der Waals surface area contributed by atoms with Crippen molar-refractivity contribution in [2.45, 2.75) is 12.7 Å². The molecule has 0 spiro atoms. The van der Waals surface area contributed by atoms with Crippen LogP contribution in [0.15, 0.2) is 77.2 Å². The molecular formula is C22H26N6OS. The van der Waals surface area contributed by atoms with Gasteiger partial charge in [0.05, 0.1) is 5.71 Å². The summed E-state index contributed by atoms with van der Waals surface area (Å²) < 4.78 is 11.4. The first-order valence-corrected chi connectivity index (χ1v) is 11.3. The molecule has 8 heteroatoms. The smallest absolute Gasteiger partial charge is 0.229 e. The van der Waals surface area contributed by atoms with Crippen molar-refractivity contribution in [2.24, 2.45) is 5.10 Å². The molecular weight excluding hydrogens is 396 g/mol. The Morgan fingerprint density at radius 3 is 2.63 bits per heavy atom. The van der Waals surface area contributed by atoms with E-state index in [0.717, 1.165) is 34.1 Å². The first-order chi connectivity index (χ1) is 14.5. The van der Waals surface area contributed by atoms with Gasteiger partial charge >= 0.3 is 0 Å². The number of hydrogen-bond acceptors (Lipinski definition) is 7. The molecule has 1 aliphatic rings. The minimum absolute atomic E-state index is 0.504. The van der Waals surface area contributed by atoms with Crippen molar-refractivity contribution in [3.8, 4) is 0 Å². The first kappa shape index (κ1) is 21.4. The average Bonchev–Trinajstić information content (AvgIpc) is 2.74. The normalized spacial score (nSPS) is 17.0. The Balaban J connectivity index is 1.77. The largest absolute Gasteiger partial charge is 0.329 e. The fourth-order valence-corrected chi connectivity index (χ4v) is 3.64. The maximum Gasteiger partial charge on any atom is 0.229 e. The maximum absolute atomic E-state index is 11.4. The molecule has 7 nitrogen and oxygen atoms in total. The zero-order chi connectivity index (χ0) is 21.5. The van der Waals surface area contributed by atoms with Gasteiger partial charge in [-0.05, 0) is 48.4 Å². The summed E-state index contributed by atoms with van der Waals surface area (Å²) in [5.74, 6) is 1.81. The molecule has 1 aliphatic carbocycles. The SMILES string of the molecule is C/C=C1\C=CC(N(C)c2ccnc(Nc3ccc(CS(C)=O)cc3)n2)=C\C1=N\NC. The predicted molar refractivity (Wildman–Crippen MR) is 125 cm³/mol. The Labute approximate surface area is 179 Å². The number of nitrogens with zero attached hydrogens (tertiary/aromatic N) is 4. The van der Waals surface area contributed by atoms with Gasteiger partial charge in [0.2, 0.25) is 5.95 Å². The molecule has 0 saturated heterocycles. The average molecular weight is 423 g/mol. The molecule has 1 aromatic heterocycles. The van der Waals surface area contributed by atoms with Gasteiger partial charge < -0.3 is 15.6 Å². The second-order valence-corrected chi connectivity index (χ2v) is 8.14. The molecule has 1 unspecified atom stereocenters. The highest BCUT2D eigenvalue weighted by molar-refractivity contribution is 7.83. The molecule has 1 atom stereocenters. The third-order valence-electron chi connectivity index (χ3n) is 4.51. The Hall–Kier alpha value is -3.26. The highest BCUT2D eigenvalue weighted by atomic mass is 32.2. The van der Waals surface area contributed by atoms with Gasteiger partial charge in [0.25, 0.3) is 0 Å².